The number of carboxylic acid groups (broad SMARTS) is 1. The molecule has 1 atom stereocenters. The molecule has 0 aromatic carbocycles. The van der Waals surface area contributed by atoms with E-state index in [1.807, 2.05) is 0 Å². The van der Waals surface area contributed by atoms with Gasteiger partial charge < -0.3 is 14.6 Å². The molecule has 0 aromatic heterocycles. The molecule has 0 spiro atoms. The number of carbonyl (C=O) groups is 2. The lowest BCUT2D eigenvalue weighted by Gasteiger charge is -2.25. The minimum Gasteiger partial charge on any atom is -0.480 e. The van der Waals surface area contributed by atoms with E-state index in [9.17, 15) is 9.59 Å². The van der Waals surface area contributed by atoms with Crippen molar-refractivity contribution in [3.63, 3.8) is 0 Å². The van der Waals surface area contributed by atoms with Crippen LogP contribution in [0.3, 0.4) is 0 Å². The molecule has 0 aliphatic carbocycles. The van der Waals surface area contributed by atoms with Crippen LogP contribution in [0, 0.1) is 5.41 Å². The van der Waals surface area contributed by atoms with E-state index in [2.05, 4.69) is 0 Å². The third-order valence-corrected chi connectivity index (χ3v) is 2.41. The summed E-state index contributed by atoms with van der Waals surface area (Å²) in [4.78, 5) is 22.7. The van der Waals surface area contributed by atoms with Crippen LogP contribution in [-0.2, 0) is 19.1 Å². The number of esters is 1. The molecular weight excluding hydrogens is 200 g/mol. The van der Waals surface area contributed by atoms with Gasteiger partial charge in [-0.2, -0.15) is 0 Å². The van der Waals surface area contributed by atoms with Gasteiger partial charge >= 0.3 is 11.9 Å². The van der Waals surface area contributed by atoms with E-state index in [0.717, 1.165) is 0 Å². The van der Waals surface area contributed by atoms with E-state index in [0.29, 0.717) is 0 Å². The summed E-state index contributed by atoms with van der Waals surface area (Å²) in [7, 11) is 1.47. The molecule has 0 rings (SSSR count). The van der Waals surface area contributed by atoms with Crippen LogP contribution < -0.4 is 0 Å². The summed E-state index contributed by atoms with van der Waals surface area (Å²) >= 11 is 0. The summed E-state index contributed by atoms with van der Waals surface area (Å²) in [5.41, 5.74) is -1.47. The number of hydrogen-bond acceptors (Lipinski definition) is 4. The molecule has 5 nitrogen and oxygen atoms in total. The fourth-order valence-corrected chi connectivity index (χ4v) is 1.31. The Hall–Kier alpha value is -1.10. The Labute approximate surface area is 89.4 Å². The smallest absolute Gasteiger partial charge is 0.323 e. The fourth-order valence-electron chi connectivity index (χ4n) is 1.31. The average molecular weight is 218 g/mol. The zero-order valence-electron chi connectivity index (χ0n) is 9.41. The molecular formula is C10H18O5. The first-order valence-corrected chi connectivity index (χ1v) is 4.94. The number of carboxylic acids is 1. The van der Waals surface area contributed by atoms with Crippen LogP contribution in [0.4, 0.5) is 0 Å². The number of ether oxygens (including phenoxy) is 2. The first-order valence-electron chi connectivity index (χ1n) is 4.94. The quantitative estimate of drug-likeness (QED) is 0.511. The molecule has 1 N–H and O–H groups in total. The molecule has 0 amide bonds. The molecule has 0 saturated heterocycles. The number of aliphatic carboxylic acids is 1. The van der Waals surface area contributed by atoms with Gasteiger partial charge in [0.1, 0.15) is 0 Å². The number of hydrogen-bond donors (Lipinski definition) is 1. The summed E-state index contributed by atoms with van der Waals surface area (Å²) in [5, 5.41) is 9.09. The predicted octanol–water partition coefficient (Wildman–Crippen LogP) is 1.07. The Morgan fingerprint density at radius 3 is 2.27 bits per heavy atom. The molecule has 0 aliphatic heterocycles. The topological polar surface area (TPSA) is 72.8 Å². The van der Waals surface area contributed by atoms with Gasteiger partial charge in [-0.05, 0) is 19.8 Å². The molecule has 0 aromatic rings. The Kier molecular flexibility index (Phi) is 5.93. The van der Waals surface area contributed by atoms with Gasteiger partial charge in [-0.25, -0.2) is 0 Å². The van der Waals surface area contributed by atoms with Crippen LogP contribution in [-0.4, -0.2) is 37.4 Å². The third kappa shape index (κ3) is 3.20. The molecule has 0 fully saturated rings. The number of rotatable bonds is 7. The Bertz CT molecular complexity index is 226. The number of methoxy groups -OCH3 is 1. The van der Waals surface area contributed by atoms with Crippen molar-refractivity contribution in [3.05, 3.63) is 0 Å². The number of carbonyl (C=O) groups excluding carboxylic acids is 1. The first-order chi connectivity index (χ1) is 7.05. The van der Waals surface area contributed by atoms with Crippen LogP contribution in [0.15, 0.2) is 0 Å². The Morgan fingerprint density at radius 2 is 1.93 bits per heavy atom. The van der Waals surface area contributed by atoms with Crippen molar-refractivity contribution in [2.75, 3.05) is 20.3 Å². The Morgan fingerprint density at radius 1 is 1.33 bits per heavy atom. The lowest BCUT2D eigenvalue weighted by atomic mass is 9.82. The predicted molar refractivity (Wildman–Crippen MR) is 53.5 cm³/mol. The van der Waals surface area contributed by atoms with Crippen molar-refractivity contribution in [1.82, 2.24) is 0 Å². The zero-order chi connectivity index (χ0) is 11.9. The third-order valence-electron chi connectivity index (χ3n) is 2.41. The first kappa shape index (κ1) is 13.9. The maximum atomic E-state index is 11.6. The fraction of sp³-hybridized carbons (Fsp3) is 0.800. The Balaban J connectivity index is 4.79. The molecule has 0 heterocycles. The van der Waals surface area contributed by atoms with Gasteiger partial charge in [0.25, 0.3) is 0 Å². The van der Waals surface area contributed by atoms with Crippen molar-refractivity contribution in [1.29, 1.82) is 0 Å². The minimum absolute atomic E-state index is 0.133. The molecule has 15 heavy (non-hydrogen) atoms. The van der Waals surface area contributed by atoms with E-state index in [1.54, 1.807) is 13.8 Å². The second kappa shape index (κ2) is 6.40. The highest BCUT2D eigenvalue weighted by Gasteiger charge is 2.45. The van der Waals surface area contributed by atoms with Crippen molar-refractivity contribution in [3.8, 4) is 0 Å². The van der Waals surface area contributed by atoms with Gasteiger partial charge in [-0.3, -0.25) is 9.59 Å². The minimum atomic E-state index is -1.47. The summed E-state index contributed by atoms with van der Waals surface area (Å²) in [6.07, 6.45) is 0.332. The molecule has 0 bridgehead atoms. The van der Waals surface area contributed by atoms with Crippen LogP contribution in [0.1, 0.15) is 26.7 Å². The standard InChI is InChI=1S/C10H18O5/c1-4-10(8(11)12,6-7-14-3)9(13)15-5-2/h4-7H2,1-3H3,(H,11,12). The lowest BCUT2D eigenvalue weighted by Crippen LogP contribution is -2.41. The molecule has 0 aliphatic rings. The molecule has 0 saturated carbocycles. The highest BCUT2D eigenvalue weighted by Crippen LogP contribution is 2.28. The van der Waals surface area contributed by atoms with Crippen molar-refractivity contribution in [2.45, 2.75) is 26.7 Å². The van der Waals surface area contributed by atoms with Crippen molar-refractivity contribution in [2.24, 2.45) is 5.41 Å². The van der Waals surface area contributed by atoms with Gasteiger partial charge in [-0.1, -0.05) is 6.92 Å². The van der Waals surface area contributed by atoms with Gasteiger partial charge in [0.05, 0.1) is 6.61 Å². The molecule has 5 heteroatoms. The molecule has 1 unspecified atom stereocenters. The van der Waals surface area contributed by atoms with E-state index < -0.39 is 17.4 Å². The highest BCUT2D eigenvalue weighted by atomic mass is 16.5. The van der Waals surface area contributed by atoms with Gasteiger partial charge in [-0.15, -0.1) is 0 Å². The normalized spacial score (nSPS) is 14.3. The van der Waals surface area contributed by atoms with E-state index in [1.165, 1.54) is 7.11 Å². The van der Waals surface area contributed by atoms with Crippen LogP contribution in [0.25, 0.3) is 0 Å². The largest absolute Gasteiger partial charge is 0.480 e. The maximum absolute atomic E-state index is 11.6. The van der Waals surface area contributed by atoms with Gasteiger partial charge in [0.2, 0.25) is 0 Å². The zero-order valence-corrected chi connectivity index (χ0v) is 9.41. The lowest BCUT2D eigenvalue weighted by molar-refractivity contribution is -0.170. The van der Waals surface area contributed by atoms with Crippen LogP contribution >= 0.6 is 0 Å². The molecule has 88 valence electrons. The van der Waals surface area contributed by atoms with Crippen molar-refractivity contribution < 1.29 is 24.2 Å². The summed E-state index contributed by atoms with van der Waals surface area (Å²) < 4.78 is 9.59. The van der Waals surface area contributed by atoms with Crippen LogP contribution in [0.2, 0.25) is 0 Å². The summed E-state index contributed by atoms with van der Waals surface area (Å²) in [5.74, 6) is -1.84. The monoisotopic (exact) mass is 218 g/mol. The van der Waals surface area contributed by atoms with E-state index in [-0.39, 0.29) is 26.1 Å². The van der Waals surface area contributed by atoms with Crippen LogP contribution in [0.5, 0.6) is 0 Å². The van der Waals surface area contributed by atoms with E-state index >= 15 is 0 Å². The van der Waals surface area contributed by atoms with Gasteiger partial charge in [0.15, 0.2) is 5.41 Å². The summed E-state index contributed by atoms with van der Waals surface area (Å²) in [6.45, 7) is 3.71. The second-order valence-corrected chi connectivity index (χ2v) is 3.20. The average Bonchev–Trinajstić information content (AvgIpc) is 2.19. The maximum Gasteiger partial charge on any atom is 0.323 e. The summed E-state index contributed by atoms with van der Waals surface area (Å²) in [6, 6.07) is 0. The second-order valence-electron chi connectivity index (χ2n) is 3.20. The molecule has 0 radical (unpaired) electrons. The SMILES string of the molecule is CCOC(=O)C(CC)(CCOC)C(=O)O. The highest BCUT2D eigenvalue weighted by molar-refractivity contribution is 5.99. The van der Waals surface area contributed by atoms with Gasteiger partial charge in [0, 0.05) is 13.7 Å². The van der Waals surface area contributed by atoms with Crippen molar-refractivity contribution >= 4 is 11.9 Å². The van der Waals surface area contributed by atoms with E-state index in [4.69, 9.17) is 14.6 Å².